The van der Waals surface area contributed by atoms with E-state index in [1.54, 1.807) is 24.2 Å². The number of nitrogens with zero attached hydrogens (tertiary/aromatic N) is 1. The van der Waals surface area contributed by atoms with Crippen molar-refractivity contribution in [1.29, 1.82) is 0 Å². The first kappa shape index (κ1) is 13.4. The van der Waals surface area contributed by atoms with Crippen molar-refractivity contribution < 1.29 is 4.79 Å². The monoisotopic (exact) mass is 268 g/mol. The Bertz CT molecular complexity index is 402. The fraction of sp³-hybridized carbons (Fsp3) is 0.667. The van der Waals surface area contributed by atoms with Gasteiger partial charge in [-0.2, -0.15) is 0 Å². The summed E-state index contributed by atoms with van der Waals surface area (Å²) in [7, 11) is 0. The molecule has 1 unspecified atom stereocenters. The minimum absolute atomic E-state index is 0.232. The maximum atomic E-state index is 11.9. The van der Waals surface area contributed by atoms with Crippen molar-refractivity contribution in [2.24, 2.45) is 11.7 Å². The van der Waals surface area contributed by atoms with Crippen LogP contribution in [-0.2, 0) is 4.79 Å². The molecule has 0 aliphatic heterocycles. The zero-order valence-electron chi connectivity index (χ0n) is 10.8. The molecule has 6 heteroatoms. The van der Waals surface area contributed by atoms with Crippen LogP contribution in [0.15, 0.2) is 17.6 Å². The third kappa shape index (κ3) is 2.87. The molecule has 100 valence electrons. The van der Waals surface area contributed by atoms with E-state index in [0.717, 1.165) is 18.0 Å². The third-order valence-corrected chi connectivity index (χ3v) is 4.27. The van der Waals surface area contributed by atoms with Gasteiger partial charge in [-0.3, -0.25) is 4.79 Å². The molecule has 1 amide bonds. The number of thioether (sulfide) groups is 1. The maximum absolute atomic E-state index is 11.9. The first-order valence-corrected chi connectivity index (χ1v) is 7.23. The molecular formula is C12H20N4OS. The SMILES string of the molecule is CC(C)NC(CSc1ncc[nH]1)(C(N)=O)C1CC1. The molecule has 1 aromatic heterocycles. The quantitative estimate of drug-likeness (QED) is 0.647. The van der Waals surface area contributed by atoms with Crippen molar-refractivity contribution in [3.63, 3.8) is 0 Å². The maximum Gasteiger partial charge on any atom is 0.238 e. The molecule has 1 aliphatic rings. The van der Waals surface area contributed by atoms with E-state index >= 15 is 0 Å². The van der Waals surface area contributed by atoms with Crippen LogP contribution in [0.1, 0.15) is 26.7 Å². The summed E-state index contributed by atoms with van der Waals surface area (Å²) in [6.45, 7) is 4.08. The van der Waals surface area contributed by atoms with Gasteiger partial charge in [0.05, 0.1) is 0 Å². The van der Waals surface area contributed by atoms with Crippen LogP contribution in [0.25, 0.3) is 0 Å². The highest BCUT2D eigenvalue weighted by atomic mass is 32.2. The molecule has 0 radical (unpaired) electrons. The number of carbonyl (C=O) groups is 1. The predicted octanol–water partition coefficient (Wildman–Crippen LogP) is 1.13. The largest absolute Gasteiger partial charge is 0.368 e. The van der Waals surface area contributed by atoms with E-state index in [1.807, 2.05) is 13.8 Å². The molecule has 1 atom stereocenters. The second-order valence-corrected chi connectivity index (χ2v) is 6.06. The van der Waals surface area contributed by atoms with Crippen molar-refractivity contribution >= 4 is 17.7 Å². The number of aromatic amines is 1. The lowest BCUT2D eigenvalue weighted by Gasteiger charge is -2.33. The summed E-state index contributed by atoms with van der Waals surface area (Å²) in [5.41, 5.74) is 5.05. The molecule has 4 N–H and O–H groups in total. The van der Waals surface area contributed by atoms with Crippen LogP contribution in [0, 0.1) is 5.92 Å². The van der Waals surface area contributed by atoms with Crippen molar-refractivity contribution in [2.75, 3.05) is 5.75 Å². The van der Waals surface area contributed by atoms with Gasteiger partial charge in [-0.15, -0.1) is 0 Å². The lowest BCUT2D eigenvalue weighted by atomic mass is 9.93. The standard InChI is InChI=1S/C12H20N4OS/c1-8(2)16-12(10(13)17,9-3-4-9)7-18-11-14-5-6-15-11/h5-6,8-9,16H,3-4,7H2,1-2H3,(H2,13,17)(H,14,15). The first-order valence-electron chi connectivity index (χ1n) is 6.24. The number of imidazole rings is 1. The molecule has 1 fully saturated rings. The van der Waals surface area contributed by atoms with Gasteiger partial charge >= 0.3 is 0 Å². The lowest BCUT2D eigenvalue weighted by Crippen LogP contribution is -2.61. The summed E-state index contributed by atoms with van der Waals surface area (Å²) >= 11 is 1.54. The molecule has 1 saturated carbocycles. The topological polar surface area (TPSA) is 83.8 Å². The summed E-state index contributed by atoms with van der Waals surface area (Å²) in [5.74, 6) is 0.733. The summed E-state index contributed by atoms with van der Waals surface area (Å²) in [6.07, 6.45) is 5.63. The Morgan fingerprint density at radius 2 is 2.44 bits per heavy atom. The van der Waals surface area contributed by atoms with E-state index in [0.29, 0.717) is 11.7 Å². The van der Waals surface area contributed by atoms with Crippen LogP contribution in [0.5, 0.6) is 0 Å². The molecular weight excluding hydrogens is 248 g/mol. The molecule has 0 saturated heterocycles. The highest BCUT2D eigenvalue weighted by Gasteiger charge is 2.50. The van der Waals surface area contributed by atoms with Gasteiger partial charge in [0.1, 0.15) is 5.54 Å². The third-order valence-electron chi connectivity index (χ3n) is 3.17. The molecule has 0 spiro atoms. The summed E-state index contributed by atoms with van der Waals surface area (Å²) in [6, 6.07) is 0.232. The second-order valence-electron chi connectivity index (χ2n) is 5.09. The van der Waals surface area contributed by atoms with Crippen molar-refractivity contribution in [2.45, 2.75) is 43.4 Å². The van der Waals surface area contributed by atoms with Crippen LogP contribution in [0.2, 0.25) is 0 Å². The first-order chi connectivity index (χ1) is 8.54. The predicted molar refractivity (Wildman–Crippen MR) is 72.2 cm³/mol. The summed E-state index contributed by atoms with van der Waals surface area (Å²) < 4.78 is 0. The molecule has 5 nitrogen and oxygen atoms in total. The molecule has 1 heterocycles. The Hall–Kier alpha value is -1.01. The highest BCUT2D eigenvalue weighted by molar-refractivity contribution is 7.99. The average molecular weight is 268 g/mol. The number of nitrogens with two attached hydrogens (primary N) is 1. The Morgan fingerprint density at radius 3 is 2.89 bits per heavy atom. The second kappa shape index (κ2) is 5.32. The van der Waals surface area contributed by atoms with Gasteiger partial charge in [0.2, 0.25) is 5.91 Å². The van der Waals surface area contributed by atoms with Gasteiger partial charge in [0, 0.05) is 24.2 Å². The average Bonchev–Trinajstić information content (AvgIpc) is 3.01. The Labute approximate surface area is 111 Å². The smallest absolute Gasteiger partial charge is 0.238 e. The van der Waals surface area contributed by atoms with E-state index in [9.17, 15) is 4.79 Å². The number of aromatic nitrogens is 2. The van der Waals surface area contributed by atoms with Crippen molar-refractivity contribution in [1.82, 2.24) is 15.3 Å². The van der Waals surface area contributed by atoms with E-state index in [2.05, 4.69) is 15.3 Å². The van der Waals surface area contributed by atoms with Crippen molar-refractivity contribution in [3.8, 4) is 0 Å². The Kier molecular flexibility index (Phi) is 3.97. The van der Waals surface area contributed by atoms with E-state index in [-0.39, 0.29) is 11.9 Å². The Morgan fingerprint density at radius 1 is 1.72 bits per heavy atom. The zero-order valence-corrected chi connectivity index (χ0v) is 11.6. The Balaban J connectivity index is 2.10. The van der Waals surface area contributed by atoms with Crippen LogP contribution in [-0.4, -0.2) is 33.2 Å². The van der Waals surface area contributed by atoms with Gasteiger partial charge < -0.3 is 16.0 Å². The lowest BCUT2D eigenvalue weighted by molar-refractivity contribution is -0.124. The summed E-state index contributed by atoms with van der Waals surface area (Å²) in [4.78, 5) is 19.1. The number of nitrogens with one attached hydrogen (secondary N) is 2. The fourth-order valence-corrected chi connectivity index (χ4v) is 3.34. The number of carbonyl (C=O) groups excluding carboxylic acids is 1. The number of hydrogen-bond donors (Lipinski definition) is 3. The highest BCUT2D eigenvalue weighted by Crippen LogP contribution is 2.42. The summed E-state index contributed by atoms with van der Waals surface area (Å²) in [5, 5.41) is 4.21. The van der Waals surface area contributed by atoms with Crippen molar-refractivity contribution in [3.05, 3.63) is 12.4 Å². The minimum Gasteiger partial charge on any atom is -0.368 e. The molecule has 2 rings (SSSR count). The normalized spacial score (nSPS) is 18.8. The molecule has 18 heavy (non-hydrogen) atoms. The molecule has 0 bridgehead atoms. The van der Waals surface area contributed by atoms with E-state index in [4.69, 9.17) is 5.73 Å². The molecule has 0 aromatic carbocycles. The zero-order chi connectivity index (χ0) is 13.2. The fourth-order valence-electron chi connectivity index (χ4n) is 2.22. The van der Waals surface area contributed by atoms with Gasteiger partial charge in [0.15, 0.2) is 5.16 Å². The van der Waals surface area contributed by atoms with Crippen LogP contribution < -0.4 is 11.1 Å². The number of primary amides is 1. The van der Waals surface area contributed by atoms with E-state index < -0.39 is 5.54 Å². The van der Waals surface area contributed by atoms with E-state index in [1.165, 1.54) is 0 Å². The van der Waals surface area contributed by atoms with Crippen LogP contribution in [0.4, 0.5) is 0 Å². The van der Waals surface area contributed by atoms with Crippen LogP contribution in [0.3, 0.4) is 0 Å². The number of H-pyrrole nitrogens is 1. The minimum atomic E-state index is -0.606. The van der Waals surface area contributed by atoms with Gasteiger partial charge in [-0.05, 0) is 32.6 Å². The van der Waals surface area contributed by atoms with Gasteiger partial charge in [-0.25, -0.2) is 4.98 Å². The molecule has 1 aliphatic carbocycles. The van der Waals surface area contributed by atoms with Crippen LogP contribution >= 0.6 is 11.8 Å². The van der Waals surface area contributed by atoms with Gasteiger partial charge in [-0.1, -0.05) is 11.8 Å². The number of hydrogen-bond acceptors (Lipinski definition) is 4. The van der Waals surface area contributed by atoms with Gasteiger partial charge in [0.25, 0.3) is 0 Å². The number of rotatable bonds is 7. The number of amides is 1. The molecule has 1 aromatic rings.